The Kier molecular flexibility index (Phi) is 3.41. The molecule has 0 aliphatic carbocycles. The smallest absolute Gasteiger partial charge is 0.302 e. The number of hydrogen-bond donors (Lipinski definition) is 2. The topological polar surface area (TPSA) is 53.6 Å². The summed E-state index contributed by atoms with van der Waals surface area (Å²) in [7, 11) is 0. The zero-order valence-electron chi connectivity index (χ0n) is 7.58. The van der Waals surface area contributed by atoms with Crippen molar-refractivity contribution in [3.8, 4) is 0 Å². The summed E-state index contributed by atoms with van der Waals surface area (Å²) in [6, 6.07) is 0. The van der Waals surface area contributed by atoms with Crippen LogP contribution in [0.4, 0.5) is 26.3 Å². The predicted octanol–water partition coefficient (Wildman–Crippen LogP) is 1.48. The molecule has 1 heterocycles. The summed E-state index contributed by atoms with van der Waals surface area (Å²) in [4.78, 5) is 2.98. The van der Waals surface area contributed by atoms with E-state index in [0.29, 0.717) is 0 Å². The van der Waals surface area contributed by atoms with Crippen LogP contribution >= 0.6 is 0 Å². The van der Waals surface area contributed by atoms with Crippen molar-refractivity contribution >= 4 is 0 Å². The molecule has 0 unspecified atom stereocenters. The Hall–Kier alpha value is -1.32. The molecule has 0 spiro atoms. The third-order valence-corrected chi connectivity index (χ3v) is 1.40. The fraction of sp³-hybridized carbons (Fsp3) is 0.667. The molecule has 1 aromatic rings. The monoisotopic (exact) mass is 248 g/mol. The second-order valence-corrected chi connectivity index (χ2v) is 2.82. The van der Waals surface area contributed by atoms with Crippen molar-refractivity contribution in [2.24, 2.45) is 0 Å². The first kappa shape index (κ1) is 12.7. The molecule has 0 saturated heterocycles. The number of alkyl halides is 6. The third kappa shape index (κ3) is 4.04. The summed E-state index contributed by atoms with van der Waals surface area (Å²) in [5.41, 5.74) is 0. The molecule has 0 amide bonds. The maximum absolute atomic E-state index is 12.0. The number of aromatic nitrogens is 3. The minimum Gasteiger partial charge on any atom is -0.302 e. The Balaban J connectivity index is 2.48. The molecule has 1 rings (SSSR count). The molecule has 10 heteroatoms. The highest BCUT2D eigenvalue weighted by molar-refractivity contribution is 4.93. The molecule has 1 aromatic heterocycles. The molecule has 0 aliphatic rings. The molecule has 0 aliphatic heterocycles. The quantitative estimate of drug-likeness (QED) is 0.796. The fourth-order valence-electron chi connectivity index (χ4n) is 0.824. The van der Waals surface area contributed by atoms with E-state index in [1.165, 1.54) is 0 Å². The normalized spacial score (nSPS) is 13.1. The highest BCUT2D eigenvalue weighted by atomic mass is 19.4. The lowest BCUT2D eigenvalue weighted by Gasteiger charge is -2.05. The highest BCUT2D eigenvalue weighted by Crippen LogP contribution is 2.25. The van der Waals surface area contributed by atoms with Gasteiger partial charge in [-0.05, 0) is 0 Å². The van der Waals surface area contributed by atoms with Crippen molar-refractivity contribution in [1.82, 2.24) is 20.5 Å². The molecular weight excluding hydrogens is 242 g/mol. The van der Waals surface area contributed by atoms with Crippen LogP contribution in [0.25, 0.3) is 0 Å². The van der Waals surface area contributed by atoms with Crippen molar-refractivity contribution in [1.29, 1.82) is 0 Å². The van der Waals surface area contributed by atoms with Gasteiger partial charge in [0, 0.05) is 0 Å². The zero-order chi connectivity index (χ0) is 12.4. The highest BCUT2D eigenvalue weighted by Gasteiger charge is 2.36. The van der Waals surface area contributed by atoms with E-state index >= 15 is 0 Å². The van der Waals surface area contributed by atoms with Crippen molar-refractivity contribution < 1.29 is 26.3 Å². The SMILES string of the molecule is FC(F)(F)CNCc1nc(C(F)(F)F)n[nH]1. The molecule has 92 valence electrons. The van der Waals surface area contributed by atoms with Gasteiger partial charge >= 0.3 is 12.4 Å². The molecule has 0 aromatic carbocycles. The number of nitrogens with one attached hydrogen (secondary N) is 2. The van der Waals surface area contributed by atoms with E-state index in [4.69, 9.17) is 0 Å². The van der Waals surface area contributed by atoms with Crippen molar-refractivity contribution in [3.63, 3.8) is 0 Å². The van der Waals surface area contributed by atoms with E-state index in [-0.39, 0.29) is 5.82 Å². The molecule has 0 atom stereocenters. The van der Waals surface area contributed by atoms with Gasteiger partial charge in [0.05, 0.1) is 13.1 Å². The van der Waals surface area contributed by atoms with Gasteiger partial charge in [-0.1, -0.05) is 0 Å². The Morgan fingerprint density at radius 3 is 2.19 bits per heavy atom. The minimum atomic E-state index is -4.71. The second-order valence-electron chi connectivity index (χ2n) is 2.82. The number of nitrogens with zero attached hydrogens (tertiary/aromatic N) is 2. The summed E-state index contributed by atoms with van der Waals surface area (Å²) in [6.07, 6.45) is -9.13. The fourth-order valence-corrected chi connectivity index (χ4v) is 0.824. The van der Waals surface area contributed by atoms with Crippen molar-refractivity contribution in [2.45, 2.75) is 18.9 Å². The van der Waals surface area contributed by atoms with Gasteiger partial charge < -0.3 is 5.32 Å². The van der Waals surface area contributed by atoms with Gasteiger partial charge in [-0.2, -0.15) is 26.3 Å². The lowest BCUT2D eigenvalue weighted by Crippen LogP contribution is -2.28. The Morgan fingerprint density at radius 2 is 1.75 bits per heavy atom. The van der Waals surface area contributed by atoms with Crippen LogP contribution in [-0.4, -0.2) is 27.9 Å². The molecular formula is C6H6F6N4. The largest absolute Gasteiger partial charge is 0.453 e. The first-order valence-corrected chi connectivity index (χ1v) is 3.94. The average Bonchev–Trinajstić information content (AvgIpc) is 2.49. The minimum absolute atomic E-state index is 0.309. The van der Waals surface area contributed by atoms with Crippen LogP contribution in [0.15, 0.2) is 0 Å². The van der Waals surface area contributed by atoms with Crippen LogP contribution in [0, 0.1) is 0 Å². The molecule has 0 saturated carbocycles. The van der Waals surface area contributed by atoms with Crippen LogP contribution in [0.5, 0.6) is 0 Å². The van der Waals surface area contributed by atoms with Crippen LogP contribution in [0.2, 0.25) is 0 Å². The van der Waals surface area contributed by atoms with Gasteiger partial charge in [0.2, 0.25) is 0 Å². The lowest BCUT2D eigenvalue weighted by atomic mass is 10.5. The van der Waals surface area contributed by atoms with E-state index in [1.54, 1.807) is 0 Å². The van der Waals surface area contributed by atoms with E-state index in [2.05, 4.69) is 10.1 Å². The molecule has 0 bridgehead atoms. The number of hydrogen-bond acceptors (Lipinski definition) is 3. The van der Waals surface area contributed by atoms with Crippen molar-refractivity contribution in [3.05, 3.63) is 11.6 Å². The van der Waals surface area contributed by atoms with Crippen LogP contribution < -0.4 is 5.32 Å². The van der Waals surface area contributed by atoms with Gasteiger partial charge in [0.1, 0.15) is 5.82 Å². The zero-order valence-corrected chi connectivity index (χ0v) is 7.58. The Morgan fingerprint density at radius 1 is 1.12 bits per heavy atom. The van der Waals surface area contributed by atoms with Gasteiger partial charge in [0.15, 0.2) is 0 Å². The van der Waals surface area contributed by atoms with E-state index in [9.17, 15) is 26.3 Å². The summed E-state index contributed by atoms with van der Waals surface area (Å²) < 4.78 is 70.9. The summed E-state index contributed by atoms with van der Waals surface area (Å²) in [6.45, 7) is -1.78. The van der Waals surface area contributed by atoms with Crippen molar-refractivity contribution in [2.75, 3.05) is 6.54 Å². The maximum Gasteiger partial charge on any atom is 0.453 e. The van der Waals surface area contributed by atoms with Crippen LogP contribution in [0.1, 0.15) is 11.6 Å². The average molecular weight is 248 g/mol. The molecule has 4 nitrogen and oxygen atoms in total. The molecule has 2 N–H and O–H groups in total. The third-order valence-electron chi connectivity index (χ3n) is 1.40. The van der Waals surface area contributed by atoms with Gasteiger partial charge in [-0.15, -0.1) is 5.10 Å². The number of aromatic amines is 1. The van der Waals surface area contributed by atoms with E-state index < -0.39 is 31.3 Å². The summed E-state index contributed by atoms with van der Waals surface area (Å²) in [5.74, 6) is -1.71. The lowest BCUT2D eigenvalue weighted by molar-refractivity contribution is -0.144. The Bertz CT molecular complexity index is 340. The van der Waals surface area contributed by atoms with E-state index in [1.807, 2.05) is 10.4 Å². The number of rotatable bonds is 3. The summed E-state index contributed by atoms with van der Waals surface area (Å²) >= 11 is 0. The number of halogens is 6. The summed E-state index contributed by atoms with van der Waals surface area (Å²) in [5, 5.41) is 6.59. The second kappa shape index (κ2) is 4.28. The standard InChI is InChI=1S/C6H6F6N4/c7-5(8,9)2-13-1-3-14-4(16-15-3)6(10,11)12/h13H,1-2H2,(H,14,15,16). The predicted molar refractivity (Wildman–Crippen MR) is 39.1 cm³/mol. The molecule has 16 heavy (non-hydrogen) atoms. The number of H-pyrrole nitrogens is 1. The maximum atomic E-state index is 12.0. The molecule has 0 radical (unpaired) electrons. The first-order valence-electron chi connectivity index (χ1n) is 3.94. The first-order chi connectivity index (χ1) is 7.18. The van der Waals surface area contributed by atoms with Gasteiger partial charge in [0.25, 0.3) is 5.82 Å². The Labute approximate surface area is 85.1 Å². The molecule has 0 fully saturated rings. The van der Waals surface area contributed by atoms with Gasteiger partial charge in [-0.25, -0.2) is 4.98 Å². The van der Waals surface area contributed by atoms with E-state index in [0.717, 1.165) is 0 Å². The van der Waals surface area contributed by atoms with Gasteiger partial charge in [-0.3, -0.25) is 5.10 Å². The van der Waals surface area contributed by atoms with Crippen LogP contribution in [-0.2, 0) is 12.7 Å². The van der Waals surface area contributed by atoms with Crippen LogP contribution in [0.3, 0.4) is 0 Å².